The lowest BCUT2D eigenvalue weighted by Crippen LogP contribution is -2.58. The molecule has 61 heavy (non-hydrogen) atoms. The van der Waals surface area contributed by atoms with Crippen LogP contribution in [0.2, 0.25) is 0 Å². The highest BCUT2D eigenvalue weighted by molar-refractivity contribution is 5.65. The summed E-state index contributed by atoms with van der Waals surface area (Å²) >= 11 is 0. The Morgan fingerprint density at radius 3 is 1.75 bits per heavy atom. The van der Waals surface area contributed by atoms with Crippen molar-refractivity contribution < 1.29 is 38.0 Å². The Morgan fingerprint density at radius 2 is 1.18 bits per heavy atom. The fraction of sp³-hybridized carbons (Fsp3) is 0.300. The molecule has 0 N–H and O–H groups in total. The molecule has 1 fully saturated rings. The van der Waals surface area contributed by atoms with Gasteiger partial charge in [-0.05, 0) is 46.4 Å². The van der Waals surface area contributed by atoms with E-state index in [0.29, 0.717) is 38.5 Å². The van der Waals surface area contributed by atoms with Crippen molar-refractivity contribution in [2.75, 3.05) is 13.2 Å². The van der Waals surface area contributed by atoms with Gasteiger partial charge in [-0.25, -0.2) is 4.68 Å². The number of esters is 1. The summed E-state index contributed by atoms with van der Waals surface area (Å²) in [7, 11) is 0. The first-order chi connectivity index (χ1) is 30.1. The van der Waals surface area contributed by atoms with Crippen LogP contribution >= 0.6 is 0 Å². The van der Waals surface area contributed by atoms with Crippen LogP contribution in [0, 0.1) is 0 Å². The van der Waals surface area contributed by atoms with Crippen molar-refractivity contribution >= 4 is 5.97 Å². The van der Waals surface area contributed by atoms with Crippen LogP contribution in [0.25, 0.3) is 5.69 Å². The monoisotopic (exact) mass is 821 g/mol. The van der Waals surface area contributed by atoms with Gasteiger partial charge in [0.1, 0.15) is 48.9 Å². The molecule has 11 heteroatoms. The van der Waals surface area contributed by atoms with E-state index in [4.69, 9.17) is 38.3 Å². The predicted octanol–water partition coefficient (Wildman–Crippen LogP) is 8.63. The molecule has 1 aromatic heterocycles. The molecular weight excluding hydrogens is 771 g/mol. The van der Waals surface area contributed by atoms with Gasteiger partial charge in [-0.2, -0.15) is 0 Å². The predicted molar refractivity (Wildman–Crippen MR) is 228 cm³/mol. The van der Waals surface area contributed by atoms with Gasteiger partial charge in [0.15, 0.2) is 0 Å². The second kappa shape index (κ2) is 21.1. The molecule has 0 spiro atoms. The van der Waals surface area contributed by atoms with Crippen molar-refractivity contribution in [1.82, 2.24) is 15.0 Å². The van der Waals surface area contributed by atoms with Crippen LogP contribution in [-0.4, -0.2) is 64.7 Å². The van der Waals surface area contributed by atoms with Gasteiger partial charge in [0.25, 0.3) is 0 Å². The largest absolute Gasteiger partial charge is 0.463 e. The van der Waals surface area contributed by atoms with E-state index in [1.807, 2.05) is 158 Å². The van der Waals surface area contributed by atoms with Gasteiger partial charge in [0.2, 0.25) is 0 Å². The Labute approximate surface area is 356 Å². The maximum atomic E-state index is 11.4. The first-order valence-corrected chi connectivity index (χ1v) is 20.8. The van der Waals surface area contributed by atoms with Crippen molar-refractivity contribution in [2.24, 2.45) is 0 Å². The normalized spacial score (nSPS) is 22.5. The SMILES string of the molecule is CC(=O)OCC1CC=C[C@@H](c2ccc(-n3cc([C@H]4OC(COCc5ccccc5)[C@@H](OCc5ccccc5)C(OCc5ccccc5)C4OCc4ccccc4)nn3)cc2)O1. The Kier molecular flexibility index (Phi) is 14.5. The van der Waals surface area contributed by atoms with E-state index in [2.05, 4.69) is 11.3 Å². The highest BCUT2D eigenvalue weighted by Crippen LogP contribution is 2.38. The smallest absolute Gasteiger partial charge is 0.302 e. The van der Waals surface area contributed by atoms with E-state index in [9.17, 15) is 4.79 Å². The number of nitrogens with zero attached hydrogens (tertiary/aromatic N) is 3. The first-order valence-electron chi connectivity index (χ1n) is 20.8. The van der Waals surface area contributed by atoms with E-state index < -0.39 is 30.5 Å². The zero-order valence-electron chi connectivity index (χ0n) is 34.2. The van der Waals surface area contributed by atoms with Crippen LogP contribution in [0.15, 0.2) is 164 Å². The van der Waals surface area contributed by atoms with Gasteiger partial charge in [0, 0.05) is 6.92 Å². The van der Waals surface area contributed by atoms with Gasteiger partial charge in [0.05, 0.1) is 51.0 Å². The standard InChI is InChI=1S/C50H51N3O8/c1-36(54)56-34-43-23-14-24-45(60-43)41-25-27-42(28-26-41)53-29-44(51-52-53)47-49(58-32-39-19-10-4-11-20-39)50(59-33-40-21-12-5-13-22-40)48(57-31-38-17-8-3-9-18-38)46(61-47)35-55-30-37-15-6-2-7-16-37/h2-22,24-29,43,45-50H,23,30-35H2,1H3/t43?,45-,46?,47+,48+,49?,50?/m0/s1. The van der Waals surface area contributed by atoms with Gasteiger partial charge in [-0.15, -0.1) is 5.10 Å². The summed E-state index contributed by atoms with van der Waals surface area (Å²) in [5, 5.41) is 9.29. The summed E-state index contributed by atoms with van der Waals surface area (Å²) < 4.78 is 47.3. The summed E-state index contributed by atoms with van der Waals surface area (Å²) in [6.45, 7) is 3.23. The number of ether oxygens (including phenoxy) is 7. The zero-order chi connectivity index (χ0) is 41.6. The zero-order valence-corrected chi connectivity index (χ0v) is 34.2. The third-order valence-electron chi connectivity index (χ3n) is 10.7. The van der Waals surface area contributed by atoms with Crippen LogP contribution in [0.5, 0.6) is 0 Å². The molecule has 1 saturated heterocycles. The van der Waals surface area contributed by atoms with Crippen LogP contribution in [0.1, 0.15) is 59.1 Å². The second-order valence-corrected chi connectivity index (χ2v) is 15.2. The number of carbonyl (C=O) groups excluding carboxylic acids is 1. The molecule has 0 bridgehead atoms. The summed E-state index contributed by atoms with van der Waals surface area (Å²) in [5.74, 6) is -0.322. The van der Waals surface area contributed by atoms with Gasteiger partial charge >= 0.3 is 5.97 Å². The molecule has 2 aliphatic rings. The number of rotatable bonds is 18. The van der Waals surface area contributed by atoms with E-state index >= 15 is 0 Å². The van der Waals surface area contributed by atoms with Crippen molar-refractivity contribution in [2.45, 2.75) is 82.5 Å². The van der Waals surface area contributed by atoms with Gasteiger partial charge in [-0.3, -0.25) is 4.79 Å². The lowest BCUT2D eigenvalue weighted by molar-refractivity contribution is -0.275. The van der Waals surface area contributed by atoms with Crippen molar-refractivity contribution in [3.63, 3.8) is 0 Å². The number of hydrogen-bond acceptors (Lipinski definition) is 10. The van der Waals surface area contributed by atoms with Gasteiger partial charge < -0.3 is 33.2 Å². The average molecular weight is 822 g/mol. The Balaban J connectivity index is 1.09. The van der Waals surface area contributed by atoms with Crippen molar-refractivity contribution in [1.29, 1.82) is 0 Å². The van der Waals surface area contributed by atoms with Crippen molar-refractivity contribution in [3.8, 4) is 5.69 Å². The Bertz CT molecular complexity index is 2260. The lowest BCUT2D eigenvalue weighted by atomic mass is 9.92. The minimum absolute atomic E-state index is 0.208. The third kappa shape index (κ3) is 11.5. The minimum Gasteiger partial charge on any atom is -0.463 e. The third-order valence-corrected chi connectivity index (χ3v) is 10.7. The van der Waals surface area contributed by atoms with Gasteiger partial charge in [-0.1, -0.05) is 151 Å². The Hall–Kier alpha value is -5.79. The fourth-order valence-electron chi connectivity index (χ4n) is 7.55. The summed E-state index contributed by atoms with van der Waals surface area (Å²) in [6.07, 6.45) is 3.08. The minimum atomic E-state index is -0.700. The first kappa shape index (κ1) is 41.9. The molecule has 8 rings (SSSR count). The average Bonchev–Trinajstić information content (AvgIpc) is 3.81. The number of carbonyl (C=O) groups is 1. The highest BCUT2D eigenvalue weighted by atomic mass is 16.6. The highest BCUT2D eigenvalue weighted by Gasteiger charge is 2.50. The molecule has 0 saturated carbocycles. The molecular formula is C50H51N3O8. The van der Waals surface area contributed by atoms with E-state index in [1.165, 1.54) is 6.92 Å². The molecule has 314 valence electrons. The molecule has 5 aromatic carbocycles. The molecule has 7 atom stereocenters. The van der Waals surface area contributed by atoms with Crippen molar-refractivity contribution in [3.05, 3.63) is 197 Å². The van der Waals surface area contributed by atoms with Crippen LogP contribution in [-0.2, 0) is 64.4 Å². The maximum absolute atomic E-state index is 11.4. The summed E-state index contributed by atoms with van der Waals surface area (Å²) in [6, 6.07) is 48.3. The topological polar surface area (TPSA) is 112 Å². The molecule has 0 amide bonds. The van der Waals surface area contributed by atoms with E-state index in [1.54, 1.807) is 4.68 Å². The number of benzene rings is 5. The molecule has 11 nitrogen and oxygen atoms in total. The molecule has 3 heterocycles. The van der Waals surface area contributed by atoms with E-state index in [-0.39, 0.29) is 31.4 Å². The quantitative estimate of drug-likeness (QED) is 0.0617. The van der Waals surface area contributed by atoms with E-state index in [0.717, 1.165) is 33.5 Å². The Morgan fingerprint density at radius 1 is 0.639 bits per heavy atom. The summed E-state index contributed by atoms with van der Waals surface area (Å²) in [5.41, 5.74) is 6.47. The van der Waals surface area contributed by atoms with Crippen LogP contribution in [0.3, 0.4) is 0 Å². The molecule has 0 aliphatic carbocycles. The molecule has 4 unspecified atom stereocenters. The fourth-order valence-corrected chi connectivity index (χ4v) is 7.55. The molecule has 2 aliphatic heterocycles. The van der Waals surface area contributed by atoms with Crippen LogP contribution in [0.4, 0.5) is 0 Å². The summed E-state index contributed by atoms with van der Waals surface area (Å²) in [4.78, 5) is 11.4. The molecule has 6 aromatic rings. The molecule has 0 radical (unpaired) electrons. The lowest BCUT2D eigenvalue weighted by Gasteiger charge is -2.45. The number of aromatic nitrogens is 3. The van der Waals surface area contributed by atoms with Crippen LogP contribution < -0.4 is 0 Å². The number of hydrogen-bond donors (Lipinski definition) is 0. The second-order valence-electron chi connectivity index (χ2n) is 15.2. The maximum Gasteiger partial charge on any atom is 0.302 e.